The van der Waals surface area contributed by atoms with Crippen LogP contribution in [0.1, 0.15) is 45.7 Å². The lowest BCUT2D eigenvalue weighted by Gasteiger charge is -2.32. The summed E-state index contributed by atoms with van der Waals surface area (Å²) < 4.78 is 37.7. The van der Waals surface area contributed by atoms with Gasteiger partial charge in [0.25, 0.3) is 0 Å². The van der Waals surface area contributed by atoms with Crippen LogP contribution in [0.2, 0.25) is 0 Å². The van der Waals surface area contributed by atoms with Crippen molar-refractivity contribution < 1.29 is 13.2 Å². The minimum Gasteiger partial charge on any atom is -0.314 e. The van der Waals surface area contributed by atoms with Crippen LogP contribution in [0.4, 0.5) is 13.2 Å². The van der Waals surface area contributed by atoms with Gasteiger partial charge in [-0.25, -0.2) is 0 Å². The topological polar surface area (TPSA) is 12.0 Å². The van der Waals surface area contributed by atoms with Crippen LogP contribution in [0.5, 0.6) is 0 Å². The molecule has 0 fully saturated rings. The predicted molar refractivity (Wildman–Crippen MR) is 81.2 cm³/mol. The Morgan fingerprint density at radius 1 is 1.00 bits per heavy atom. The molecule has 1 aromatic rings. The zero-order valence-electron chi connectivity index (χ0n) is 13.5. The summed E-state index contributed by atoms with van der Waals surface area (Å²) in [7, 11) is 0. The van der Waals surface area contributed by atoms with E-state index in [2.05, 4.69) is 39.9 Å². The van der Waals surface area contributed by atoms with E-state index >= 15 is 0 Å². The first kappa shape index (κ1) is 18.0. The third kappa shape index (κ3) is 6.08. The molecule has 0 radical (unpaired) electrons. The molecule has 120 valence electrons. The molecule has 4 heteroatoms. The van der Waals surface area contributed by atoms with Gasteiger partial charge in [0.1, 0.15) is 0 Å². The van der Waals surface area contributed by atoms with Crippen molar-refractivity contribution in [2.24, 2.45) is 11.3 Å². The van der Waals surface area contributed by atoms with Gasteiger partial charge in [0.15, 0.2) is 0 Å². The highest BCUT2D eigenvalue weighted by Gasteiger charge is 2.30. The van der Waals surface area contributed by atoms with E-state index in [-0.39, 0.29) is 5.41 Å². The smallest absolute Gasteiger partial charge is 0.314 e. The van der Waals surface area contributed by atoms with Crippen molar-refractivity contribution in [1.82, 2.24) is 5.32 Å². The Morgan fingerprint density at radius 3 is 1.90 bits per heavy atom. The zero-order valence-corrected chi connectivity index (χ0v) is 13.5. The SMILES string of the molecule is CC(C)NCC(Cc1ccc(C(F)(F)F)cc1)C(C)(C)C. The van der Waals surface area contributed by atoms with Crippen molar-refractivity contribution in [3.05, 3.63) is 35.4 Å². The number of hydrogen-bond acceptors (Lipinski definition) is 1. The average molecular weight is 301 g/mol. The molecule has 0 saturated heterocycles. The average Bonchev–Trinajstić information content (AvgIpc) is 2.32. The third-order valence-electron chi connectivity index (χ3n) is 3.76. The fourth-order valence-electron chi connectivity index (χ4n) is 2.18. The largest absolute Gasteiger partial charge is 0.416 e. The molecule has 1 unspecified atom stereocenters. The molecule has 0 aliphatic rings. The summed E-state index contributed by atoms with van der Waals surface area (Å²) in [6, 6.07) is 5.94. The molecule has 0 bridgehead atoms. The Balaban J connectivity index is 2.79. The van der Waals surface area contributed by atoms with Gasteiger partial charge in [-0.1, -0.05) is 46.8 Å². The molecule has 0 amide bonds. The Bertz CT molecular complexity index is 427. The van der Waals surface area contributed by atoms with Gasteiger partial charge in [-0.3, -0.25) is 0 Å². The van der Waals surface area contributed by atoms with Crippen LogP contribution < -0.4 is 5.32 Å². The van der Waals surface area contributed by atoms with Crippen molar-refractivity contribution >= 4 is 0 Å². The first-order valence-electron chi connectivity index (χ1n) is 7.39. The van der Waals surface area contributed by atoms with Crippen LogP contribution >= 0.6 is 0 Å². The molecule has 0 aliphatic carbocycles. The fraction of sp³-hybridized carbons (Fsp3) is 0.647. The lowest BCUT2D eigenvalue weighted by atomic mass is 9.77. The van der Waals surface area contributed by atoms with Crippen LogP contribution in [0, 0.1) is 11.3 Å². The van der Waals surface area contributed by atoms with Gasteiger partial charge in [0, 0.05) is 6.04 Å². The normalized spacial score (nSPS) is 14.5. The second kappa shape index (κ2) is 6.82. The van der Waals surface area contributed by atoms with E-state index in [9.17, 15) is 13.2 Å². The van der Waals surface area contributed by atoms with E-state index in [0.717, 1.165) is 18.5 Å². The molecule has 1 aromatic carbocycles. The minimum absolute atomic E-state index is 0.102. The van der Waals surface area contributed by atoms with Gasteiger partial charge in [0.05, 0.1) is 5.56 Å². The molecule has 0 aliphatic heterocycles. The number of alkyl halides is 3. The summed E-state index contributed by atoms with van der Waals surface area (Å²) >= 11 is 0. The van der Waals surface area contributed by atoms with E-state index < -0.39 is 11.7 Å². The number of halogens is 3. The highest BCUT2D eigenvalue weighted by atomic mass is 19.4. The van der Waals surface area contributed by atoms with E-state index in [4.69, 9.17) is 0 Å². The van der Waals surface area contributed by atoms with E-state index in [1.165, 1.54) is 12.1 Å². The summed E-state index contributed by atoms with van der Waals surface area (Å²) in [5.41, 5.74) is 0.470. The maximum absolute atomic E-state index is 12.6. The summed E-state index contributed by atoms with van der Waals surface area (Å²) in [5, 5.41) is 3.43. The molecule has 1 nitrogen and oxygen atoms in total. The van der Waals surface area contributed by atoms with Crippen molar-refractivity contribution in [3.63, 3.8) is 0 Å². The van der Waals surface area contributed by atoms with Gasteiger partial charge in [-0.2, -0.15) is 13.2 Å². The second-order valence-corrected chi connectivity index (χ2v) is 7.02. The number of rotatable bonds is 5. The monoisotopic (exact) mass is 301 g/mol. The summed E-state index contributed by atoms with van der Waals surface area (Å²) in [4.78, 5) is 0. The maximum atomic E-state index is 12.6. The highest BCUT2D eigenvalue weighted by Crippen LogP contribution is 2.31. The quantitative estimate of drug-likeness (QED) is 0.815. The van der Waals surface area contributed by atoms with Crippen molar-refractivity contribution in [1.29, 1.82) is 0 Å². The molecule has 0 saturated carbocycles. The van der Waals surface area contributed by atoms with Crippen molar-refractivity contribution in [2.75, 3.05) is 6.54 Å². The second-order valence-electron chi connectivity index (χ2n) is 7.02. The molecule has 1 atom stereocenters. The van der Waals surface area contributed by atoms with E-state index in [0.29, 0.717) is 12.0 Å². The van der Waals surface area contributed by atoms with Crippen LogP contribution in [-0.2, 0) is 12.6 Å². The molecule has 0 spiro atoms. The summed E-state index contributed by atoms with van der Waals surface area (Å²) in [6.45, 7) is 11.6. The van der Waals surface area contributed by atoms with Gasteiger partial charge in [-0.05, 0) is 42.0 Å². The fourth-order valence-corrected chi connectivity index (χ4v) is 2.18. The third-order valence-corrected chi connectivity index (χ3v) is 3.76. The summed E-state index contributed by atoms with van der Waals surface area (Å²) in [5.74, 6) is 0.372. The van der Waals surface area contributed by atoms with Crippen molar-refractivity contribution in [3.8, 4) is 0 Å². The molecule has 21 heavy (non-hydrogen) atoms. The van der Waals surface area contributed by atoms with Gasteiger partial charge in [-0.15, -0.1) is 0 Å². The Morgan fingerprint density at radius 2 is 1.52 bits per heavy atom. The Hall–Kier alpha value is -1.03. The number of nitrogens with one attached hydrogen (secondary N) is 1. The Labute approximate surface area is 125 Å². The number of hydrogen-bond donors (Lipinski definition) is 1. The number of benzene rings is 1. The lowest BCUT2D eigenvalue weighted by Crippen LogP contribution is -2.36. The molecule has 1 N–H and O–H groups in total. The predicted octanol–water partition coefficient (Wildman–Crippen LogP) is 4.91. The standard InChI is InChI=1S/C17H26F3N/c1-12(2)21-11-15(16(3,4)5)10-13-6-8-14(9-7-13)17(18,19)20/h6-9,12,15,21H,10-11H2,1-5H3. The van der Waals surface area contributed by atoms with Gasteiger partial charge < -0.3 is 5.32 Å². The zero-order chi connectivity index (χ0) is 16.3. The van der Waals surface area contributed by atoms with E-state index in [1.54, 1.807) is 12.1 Å². The van der Waals surface area contributed by atoms with Crippen molar-refractivity contribution in [2.45, 2.75) is 53.3 Å². The lowest BCUT2D eigenvalue weighted by molar-refractivity contribution is -0.137. The van der Waals surface area contributed by atoms with E-state index in [1.807, 2.05) is 0 Å². The highest BCUT2D eigenvalue weighted by molar-refractivity contribution is 5.25. The van der Waals surface area contributed by atoms with Crippen LogP contribution in [0.15, 0.2) is 24.3 Å². The van der Waals surface area contributed by atoms with Crippen LogP contribution in [-0.4, -0.2) is 12.6 Å². The van der Waals surface area contributed by atoms with Crippen LogP contribution in [0.25, 0.3) is 0 Å². The minimum atomic E-state index is -4.26. The first-order chi connectivity index (χ1) is 9.50. The molecule has 0 aromatic heterocycles. The van der Waals surface area contributed by atoms with Gasteiger partial charge >= 0.3 is 6.18 Å². The molecule has 1 rings (SSSR count). The van der Waals surface area contributed by atoms with Crippen LogP contribution in [0.3, 0.4) is 0 Å². The molecular formula is C17H26F3N. The molecule has 0 heterocycles. The molecular weight excluding hydrogens is 275 g/mol. The first-order valence-corrected chi connectivity index (χ1v) is 7.39. The Kier molecular flexibility index (Phi) is 5.85. The van der Waals surface area contributed by atoms with Gasteiger partial charge in [0.2, 0.25) is 0 Å². The summed E-state index contributed by atoms with van der Waals surface area (Å²) in [6.07, 6.45) is -3.48. The maximum Gasteiger partial charge on any atom is 0.416 e.